The molecule has 0 atom stereocenters. The molecule has 1 heterocycles. The molecule has 0 radical (unpaired) electrons. The minimum atomic E-state index is -0.523. The second-order valence-corrected chi connectivity index (χ2v) is 6.79. The number of furan rings is 1. The first-order valence-corrected chi connectivity index (χ1v) is 9.61. The maximum Gasteiger partial charge on any atom is 0.336 e. The molecule has 152 valence electrons. The van der Waals surface area contributed by atoms with Gasteiger partial charge in [0.15, 0.2) is 6.61 Å². The molecule has 1 aromatic heterocycles. The Labute approximate surface area is 181 Å². The van der Waals surface area contributed by atoms with Crippen molar-refractivity contribution in [3.8, 4) is 11.5 Å². The van der Waals surface area contributed by atoms with Gasteiger partial charge in [-0.2, -0.15) is 5.10 Å². The van der Waals surface area contributed by atoms with Crippen LogP contribution in [0.5, 0.6) is 11.5 Å². The van der Waals surface area contributed by atoms with Gasteiger partial charge in [-0.05, 0) is 66.2 Å². The lowest BCUT2D eigenvalue weighted by molar-refractivity contribution is -0.129. The van der Waals surface area contributed by atoms with E-state index in [0.717, 1.165) is 4.47 Å². The Hall–Kier alpha value is -3.65. The lowest BCUT2D eigenvalue weighted by atomic mass is 10.2. The van der Waals surface area contributed by atoms with Crippen LogP contribution in [-0.4, -0.2) is 24.7 Å². The number of ether oxygens (including phenoxy) is 2. The Kier molecular flexibility index (Phi) is 7.57. The molecule has 0 saturated heterocycles. The van der Waals surface area contributed by atoms with Gasteiger partial charge in [0.1, 0.15) is 17.3 Å². The van der Waals surface area contributed by atoms with Crippen LogP contribution >= 0.6 is 15.9 Å². The number of halogens is 1. The molecule has 30 heavy (non-hydrogen) atoms. The van der Waals surface area contributed by atoms with Gasteiger partial charge in [0.25, 0.3) is 5.91 Å². The van der Waals surface area contributed by atoms with E-state index in [1.165, 1.54) is 24.6 Å². The topological polar surface area (TPSA) is 90.1 Å². The number of carbonyl (C=O) groups is 2. The van der Waals surface area contributed by atoms with E-state index in [9.17, 15) is 9.59 Å². The van der Waals surface area contributed by atoms with E-state index in [2.05, 4.69) is 26.5 Å². The Morgan fingerprint density at radius 3 is 2.63 bits per heavy atom. The number of nitrogens with one attached hydrogen (secondary N) is 1. The predicted molar refractivity (Wildman–Crippen MR) is 115 cm³/mol. The lowest BCUT2D eigenvalue weighted by Gasteiger charge is -2.05. The number of benzene rings is 2. The second-order valence-electron chi connectivity index (χ2n) is 5.88. The van der Waals surface area contributed by atoms with E-state index in [4.69, 9.17) is 13.9 Å². The molecule has 0 fully saturated rings. The molecule has 0 aliphatic carbocycles. The quantitative estimate of drug-likeness (QED) is 0.176. The summed E-state index contributed by atoms with van der Waals surface area (Å²) in [6, 6.07) is 17.3. The summed E-state index contributed by atoms with van der Waals surface area (Å²) < 4.78 is 16.5. The molecule has 8 heteroatoms. The number of amides is 1. The fraction of sp³-hybridized carbons (Fsp3) is 0.0455. The summed E-state index contributed by atoms with van der Waals surface area (Å²) in [5.74, 6) is 0.605. The second kappa shape index (κ2) is 10.8. The molecule has 1 amide bonds. The van der Waals surface area contributed by atoms with Gasteiger partial charge < -0.3 is 13.9 Å². The first-order valence-electron chi connectivity index (χ1n) is 8.82. The van der Waals surface area contributed by atoms with Gasteiger partial charge in [-0.25, -0.2) is 10.2 Å². The first kappa shape index (κ1) is 21.1. The molecule has 0 aliphatic heterocycles. The van der Waals surface area contributed by atoms with E-state index in [1.807, 2.05) is 12.1 Å². The Bertz CT molecular complexity index is 1040. The summed E-state index contributed by atoms with van der Waals surface area (Å²) in [6.07, 6.45) is 5.79. The standard InChI is InChI=1S/C22H17BrN2O5/c23-17-3-1-4-20(13-17)29-15-21(26)25-24-14-16-6-8-19(9-7-16)30-22(27)11-10-18-5-2-12-28-18/h1-14H,15H2,(H,25,26)/b11-10+,24-14+. The molecule has 3 aromatic rings. The van der Waals surface area contributed by atoms with Crippen LogP contribution in [0.1, 0.15) is 11.3 Å². The number of hydrogen-bond acceptors (Lipinski definition) is 6. The number of rotatable bonds is 8. The molecule has 0 spiro atoms. The number of nitrogens with zero attached hydrogens (tertiary/aromatic N) is 1. The van der Waals surface area contributed by atoms with Crippen molar-refractivity contribution in [2.24, 2.45) is 5.10 Å². The van der Waals surface area contributed by atoms with Gasteiger partial charge in [0.2, 0.25) is 0 Å². The van der Waals surface area contributed by atoms with Crippen LogP contribution in [0.15, 0.2) is 87.0 Å². The maximum atomic E-state index is 11.8. The van der Waals surface area contributed by atoms with Gasteiger partial charge in [-0.15, -0.1) is 0 Å². The van der Waals surface area contributed by atoms with E-state index in [-0.39, 0.29) is 12.5 Å². The largest absolute Gasteiger partial charge is 0.484 e. The average Bonchev–Trinajstić information content (AvgIpc) is 3.26. The summed E-state index contributed by atoms with van der Waals surface area (Å²) in [5.41, 5.74) is 3.10. The maximum absolute atomic E-state index is 11.8. The molecule has 2 aromatic carbocycles. The summed E-state index contributed by atoms with van der Waals surface area (Å²) in [5, 5.41) is 3.88. The smallest absolute Gasteiger partial charge is 0.336 e. The Morgan fingerprint density at radius 1 is 1.07 bits per heavy atom. The predicted octanol–water partition coefficient (Wildman–Crippen LogP) is 4.19. The molecule has 7 nitrogen and oxygen atoms in total. The highest BCUT2D eigenvalue weighted by molar-refractivity contribution is 9.10. The average molecular weight is 469 g/mol. The Balaban J connectivity index is 1.42. The van der Waals surface area contributed by atoms with Crippen LogP contribution in [-0.2, 0) is 9.59 Å². The molecule has 3 rings (SSSR count). The molecule has 0 aliphatic rings. The molecule has 0 unspecified atom stereocenters. The zero-order chi connectivity index (χ0) is 21.2. The minimum absolute atomic E-state index is 0.159. The van der Waals surface area contributed by atoms with E-state index >= 15 is 0 Å². The van der Waals surface area contributed by atoms with Gasteiger partial charge in [0, 0.05) is 10.5 Å². The van der Waals surface area contributed by atoms with Crippen molar-refractivity contribution in [2.45, 2.75) is 0 Å². The lowest BCUT2D eigenvalue weighted by Crippen LogP contribution is -2.24. The molecule has 0 bridgehead atoms. The van der Waals surface area contributed by atoms with Crippen molar-refractivity contribution in [3.05, 3.63) is 88.8 Å². The minimum Gasteiger partial charge on any atom is -0.484 e. The van der Waals surface area contributed by atoms with Crippen LogP contribution in [0.25, 0.3) is 6.08 Å². The molecular weight excluding hydrogens is 452 g/mol. The monoisotopic (exact) mass is 468 g/mol. The van der Waals surface area contributed by atoms with Crippen molar-refractivity contribution in [3.63, 3.8) is 0 Å². The van der Waals surface area contributed by atoms with Crippen LogP contribution in [0, 0.1) is 0 Å². The Morgan fingerprint density at radius 2 is 1.90 bits per heavy atom. The van der Waals surface area contributed by atoms with Crippen molar-refractivity contribution in [2.75, 3.05) is 6.61 Å². The number of carbonyl (C=O) groups excluding carboxylic acids is 2. The number of esters is 1. The van der Waals surface area contributed by atoms with E-state index in [1.54, 1.807) is 48.5 Å². The zero-order valence-corrected chi connectivity index (χ0v) is 17.2. The number of hydrazone groups is 1. The van der Waals surface area contributed by atoms with Gasteiger partial charge in [-0.1, -0.05) is 22.0 Å². The van der Waals surface area contributed by atoms with Crippen molar-refractivity contribution in [1.82, 2.24) is 5.43 Å². The summed E-state index contributed by atoms with van der Waals surface area (Å²) in [7, 11) is 0. The zero-order valence-electron chi connectivity index (χ0n) is 15.7. The van der Waals surface area contributed by atoms with Crippen molar-refractivity contribution >= 4 is 40.1 Å². The fourth-order valence-corrected chi connectivity index (χ4v) is 2.60. The van der Waals surface area contributed by atoms with Gasteiger partial charge in [-0.3, -0.25) is 4.79 Å². The van der Waals surface area contributed by atoms with Crippen LogP contribution in [0.2, 0.25) is 0 Å². The van der Waals surface area contributed by atoms with Crippen LogP contribution < -0.4 is 14.9 Å². The highest BCUT2D eigenvalue weighted by Crippen LogP contribution is 2.17. The van der Waals surface area contributed by atoms with Crippen molar-refractivity contribution < 1.29 is 23.5 Å². The molecule has 0 saturated carbocycles. The number of hydrogen-bond donors (Lipinski definition) is 1. The SMILES string of the molecule is O=C(COc1cccc(Br)c1)N/N=C/c1ccc(OC(=O)/C=C/c2ccco2)cc1. The fourth-order valence-electron chi connectivity index (χ4n) is 2.23. The highest BCUT2D eigenvalue weighted by atomic mass is 79.9. The van der Waals surface area contributed by atoms with Crippen LogP contribution in [0.3, 0.4) is 0 Å². The van der Waals surface area contributed by atoms with Gasteiger partial charge >= 0.3 is 5.97 Å². The third-order valence-corrected chi connectivity index (χ3v) is 4.09. The van der Waals surface area contributed by atoms with E-state index in [0.29, 0.717) is 22.8 Å². The van der Waals surface area contributed by atoms with Gasteiger partial charge in [0.05, 0.1) is 12.5 Å². The highest BCUT2D eigenvalue weighted by Gasteiger charge is 2.03. The third-order valence-electron chi connectivity index (χ3n) is 3.59. The molecular formula is C22H17BrN2O5. The van der Waals surface area contributed by atoms with Crippen LogP contribution in [0.4, 0.5) is 0 Å². The van der Waals surface area contributed by atoms with E-state index < -0.39 is 5.97 Å². The van der Waals surface area contributed by atoms with Crippen molar-refractivity contribution in [1.29, 1.82) is 0 Å². The first-order chi connectivity index (χ1) is 14.6. The normalized spacial score (nSPS) is 11.0. The summed E-state index contributed by atoms with van der Waals surface area (Å²) in [6.45, 7) is -0.159. The summed E-state index contributed by atoms with van der Waals surface area (Å²) >= 11 is 3.33. The third kappa shape index (κ3) is 7.06. The molecule has 1 N–H and O–H groups in total. The summed E-state index contributed by atoms with van der Waals surface area (Å²) in [4.78, 5) is 23.6.